The predicted octanol–water partition coefficient (Wildman–Crippen LogP) is 6.37. The minimum Gasteiger partial charge on any atom is -0.504 e. The highest BCUT2D eigenvalue weighted by Crippen LogP contribution is 2.64. The highest BCUT2D eigenvalue weighted by molar-refractivity contribution is 7.22. The monoisotopic (exact) mass is 742 g/mol. The van der Waals surface area contributed by atoms with Gasteiger partial charge in [-0.15, -0.1) is 11.3 Å². The van der Waals surface area contributed by atoms with E-state index in [4.69, 9.17) is 26.2 Å². The third-order valence-electron chi connectivity index (χ3n) is 11.5. The Hall–Kier alpha value is -5.01. The number of thiophene rings is 1. The molecule has 2 aromatic heterocycles. The van der Waals surface area contributed by atoms with Crippen molar-refractivity contribution in [1.29, 1.82) is 0 Å². The molecule has 52 heavy (non-hydrogen) atoms. The zero-order valence-corrected chi connectivity index (χ0v) is 30.6. The number of ether oxygens (including phenoxy) is 2. The second-order valence-corrected chi connectivity index (χ2v) is 15.5. The molecule has 2 aliphatic carbocycles. The summed E-state index contributed by atoms with van der Waals surface area (Å²) >= 11 is 7.84. The Labute approximate surface area is 307 Å². The Kier molecular flexibility index (Phi) is 7.88. The number of allylic oxidation sites excluding steroid dienone is 2. The van der Waals surface area contributed by atoms with Crippen LogP contribution in [0, 0.1) is 36.0 Å². The van der Waals surface area contributed by atoms with Crippen molar-refractivity contribution in [3.8, 4) is 22.1 Å². The number of hydrogen-bond donors (Lipinski definition) is 1. The van der Waals surface area contributed by atoms with Crippen molar-refractivity contribution in [1.82, 2.24) is 14.7 Å². The molecule has 4 heterocycles. The van der Waals surface area contributed by atoms with Gasteiger partial charge in [-0.3, -0.25) is 23.9 Å². The summed E-state index contributed by atoms with van der Waals surface area (Å²) in [5, 5.41) is 17.0. The van der Waals surface area contributed by atoms with E-state index in [1.165, 1.54) is 15.6 Å². The average molecular weight is 743 g/mol. The van der Waals surface area contributed by atoms with Crippen molar-refractivity contribution in [2.45, 2.75) is 39.5 Å². The number of benzene rings is 2. The number of aromatic nitrogens is 2. The Morgan fingerprint density at radius 3 is 2.58 bits per heavy atom. The number of hydrogen-bond acceptors (Lipinski definition) is 10. The Balaban J connectivity index is 1.26. The van der Waals surface area contributed by atoms with E-state index in [-0.39, 0.29) is 30.9 Å². The number of methoxy groups -OCH3 is 1. The summed E-state index contributed by atoms with van der Waals surface area (Å²) in [7, 11) is 2.79. The van der Waals surface area contributed by atoms with Crippen LogP contribution in [0.5, 0.6) is 11.5 Å². The van der Waals surface area contributed by atoms with E-state index in [2.05, 4.69) is 0 Å². The first-order valence-corrected chi connectivity index (χ1v) is 18.2. The molecule has 1 saturated carbocycles. The van der Waals surface area contributed by atoms with Crippen molar-refractivity contribution in [2.24, 2.45) is 36.1 Å². The number of imide groups is 4. The van der Waals surface area contributed by atoms with Gasteiger partial charge < -0.3 is 14.6 Å². The van der Waals surface area contributed by atoms with Gasteiger partial charge in [0.2, 0.25) is 23.6 Å². The summed E-state index contributed by atoms with van der Waals surface area (Å²) in [6, 6.07) is 12.3. The van der Waals surface area contributed by atoms with E-state index < -0.39 is 64.7 Å². The number of likely N-dealkylation sites (tertiary alicyclic amines) is 1. The molecule has 2 aromatic carbocycles. The smallest absolute Gasteiger partial charge is 0.423 e. The third-order valence-corrected chi connectivity index (χ3v) is 13.0. The summed E-state index contributed by atoms with van der Waals surface area (Å²) in [6.07, 6.45) is 1.10. The van der Waals surface area contributed by atoms with E-state index in [9.17, 15) is 24.3 Å². The van der Waals surface area contributed by atoms with Gasteiger partial charge in [0.25, 0.3) is 0 Å². The second kappa shape index (κ2) is 12.0. The standard InChI is InChI=1S/C38H35ClN4O8S/c1-6-51-27-13-18(7-11-26(27)44)31-20-9-10-21-30(35(47)43(33(21)45)37(49)50-5)23(20)15-24-34(46)42(36(48)38(24,31)3)29-16-25(40-41(29)4)32-17(2)22-14-19(39)8-12-28(22)52-32/h7-9,11-14,16,21,23-24,30-31,44H,6,10,15H2,1-5H3/t21-,23+,24-,30-,31-,38+/m0/s1. The summed E-state index contributed by atoms with van der Waals surface area (Å²) in [4.78, 5) is 72.3. The molecule has 8 rings (SSSR count). The lowest BCUT2D eigenvalue weighted by atomic mass is 9.51. The number of amides is 5. The molecule has 6 atom stereocenters. The van der Waals surface area contributed by atoms with Crippen LogP contribution in [-0.4, -0.2) is 63.2 Å². The van der Waals surface area contributed by atoms with Gasteiger partial charge in [0, 0.05) is 28.8 Å². The lowest BCUT2D eigenvalue weighted by Gasteiger charge is -2.49. The van der Waals surface area contributed by atoms with Crippen LogP contribution < -0.4 is 9.64 Å². The Morgan fingerprint density at radius 2 is 1.85 bits per heavy atom. The highest BCUT2D eigenvalue weighted by Gasteiger charge is 2.68. The SMILES string of the molecule is CCOc1cc([C@H]2C3=CC[C@@H]4C(=O)N(C(=O)OC)C(=O)[C@@H]4[C@@H]3C[C@H]3C(=O)N(c4cc(-c5sc6ccc(Cl)cc6c5C)nn4C)C(=O)[C@@]23C)ccc1O. The largest absolute Gasteiger partial charge is 0.504 e. The third kappa shape index (κ3) is 4.64. The van der Waals surface area contributed by atoms with Crippen molar-refractivity contribution in [3.63, 3.8) is 0 Å². The molecule has 3 fully saturated rings. The Morgan fingerprint density at radius 1 is 1.08 bits per heavy atom. The maximum absolute atomic E-state index is 15.0. The molecule has 0 bridgehead atoms. The first-order chi connectivity index (χ1) is 24.8. The second-order valence-electron chi connectivity index (χ2n) is 14.0. The van der Waals surface area contributed by atoms with Crippen LogP contribution in [0.4, 0.5) is 10.6 Å². The van der Waals surface area contributed by atoms with Crippen LogP contribution in [0.1, 0.15) is 43.7 Å². The lowest BCUT2D eigenvalue weighted by Crippen LogP contribution is -2.49. The number of aryl methyl sites for hydroxylation is 2. The topological polar surface area (TPSA) is 148 Å². The number of fused-ring (bicyclic) bond motifs is 5. The van der Waals surface area contributed by atoms with Crippen molar-refractivity contribution in [3.05, 3.63) is 70.3 Å². The number of carbonyl (C=O) groups excluding carboxylic acids is 5. The summed E-state index contributed by atoms with van der Waals surface area (Å²) < 4.78 is 13.1. The molecular formula is C38H35ClN4O8S. The van der Waals surface area contributed by atoms with Gasteiger partial charge in [-0.1, -0.05) is 29.3 Å². The zero-order valence-electron chi connectivity index (χ0n) is 29.0. The minimum absolute atomic E-state index is 0.0840. The van der Waals surface area contributed by atoms with Crippen molar-refractivity contribution < 1.29 is 38.6 Å². The summed E-state index contributed by atoms with van der Waals surface area (Å²) in [5.41, 5.74) is 1.58. The highest BCUT2D eigenvalue weighted by atomic mass is 35.5. The average Bonchev–Trinajstić information content (AvgIpc) is 3.79. The first-order valence-electron chi connectivity index (χ1n) is 17.0. The molecular weight excluding hydrogens is 708 g/mol. The van der Waals surface area contributed by atoms with Gasteiger partial charge in [-0.2, -0.15) is 10.00 Å². The molecule has 2 saturated heterocycles. The summed E-state index contributed by atoms with van der Waals surface area (Å²) in [6.45, 7) is 5.82. The van der Waals surface area contributed by atoms with Crippen LogP contribution in [0.2, 0.25) is 5.02 Å². The maximum atomic E-state index is 15.0. The number of nitrogens with zero attached hydrogens (tertiary/aromatic N) is 4. The number of phenols is 1. The lowest BCUT2D eigenvalue weighted by molar-refractivity contribution is -0.138. The van der Waals surface area contributed by atoms with Crippen molar-refractivity contribution in [2.75, 3.05) is 18.6 Å². The van der Waals surface area contributed by atoms with Gasteiger partial charge in [-0.25, -0.2) is 9.69 Å². The number of aromatic hydroxyl groups is 1. The molecule has 12 nitrogen and oxygen atoms in total. The molecule has 1 N–H and O–H groups in total. The molecule has 0 spiro atoms. The van der Waals surface area contributed by atoms with Crippen LogP contribution in [-0.2, 0) is 31.0 Å². The molecule has 5 amide bonds. The minimum atomic E-state index is -1.34. The van der Waals surface area contributed by atoms with E-state index >= 15 is 4.79 Å². The van der Waals surface area contributed by atoms with Gasteiger partial charge in [0.1, 0.15) is 11.5 Å². The van der Waals surface area contributed by atoms with Crippen LogP contribution in [0.15, 0.2) is 54.1 Å². The normalized spacial score (nSPS) is 26.8. The first kappa shape index (κ1) is 34.1. The van der Waals surface area contributed by atoms with E-state index in [1.54, 1.807) is 50.4 Å². The molecule has 4 aromatic rings. The van der Waals surface area contributed by atoms with Crippen LogP contribution in [0.3, 0.4) is 0 Å². The zero-order chi connectivity index (χ0) is 37.0. The van der Waals surface area contributed by atoms with Gasteiger partial charge in [0.15, 0.2) is 11.5 Å². The number of anilines is 1. The maximum Gasteiger partial charge on any atom is 0.423 e. The predicted molar refractivity (Wildman–Crippen MR) is 192 cm³/mol. The van der Waals surface area contributed by atoms with Gasteiger partial charge in [-0.05, 0) is 86.4 Å². The van der Waals surface area contributed by atoms with Gasteiger partial charge >= 0.3 is 6.09 Å². The van der Waals surface area contributed by atoms with Crippen LogP contribution >= 0.6 is 22.9 Å². The van der Waals surface area contributed by atoms with Gasteiger partial charge in [0.05, 0.1) is 41.8 Å². The molecule has 0 unspecified atom stereocenters. The molecule has 4 aliphatic rings. The van der Waals surface area contributed by atoms with E-state index in [0.29, 0.717) is 27.0 Å². The fourth-order valence-electron chi connectivity index (χ4n) is 9.08. The van der Waals surface area contributed by atoms with E-state index in [1.807, 2.05) is 31.2 Å². The quantitative estimate of drug-likeness (QED) is 0.182. The molecule has 0 radical (unpaired) electrons. The number of phenolic OH excluding ortho intramolecular Hbond substituents is 1. The van der Waals surface area contributed by atoms with Crippen molar-refractivity contribution >= 4 is 68.6 Å². The Bertz CT molecular complexity index is 2290. The summed E-state index contributed by atoms with van der Waals surface area (Å²) in [5.74, 6) is -5.78. The number of rotatable bonds is 5. The molecule has 2 aliphatic heterocycles. The fourth-order valence-corrected chi connectivity index (χ4v) is 10.4. The molecule has 14 heteroatoms. The fraction of sp³-hybridized carbons (Fsp3) is 0.368. The van der Waals surface area contributed by atoms with E-state index in [0.717, 1.165) is 33.2 Å². The molecule has 268 valence electrons. The van der Waals surface area contributed by atoms with Crippen LogP contribution in [0.25, 0.3) is 20.7 Å². The number of carbonyl (C=O) groups is 5. The number of halogens is 1.